The van der Waals surface area contributed by atoms with Gasteiger partial charge in [0.2, 0.25) is 0 Å². The van der Waals surface area contributed by atoms with E-state index in [0.29, 0.717) is 11.2 Å². The molecule has 0 atom stereocenters. The van der Waals surface area contributed by atoms with Crippen molar-refractivity contribution in [2.24, 2.45) is 0 Å². The maximum atomic E-state index is 13.3. The molecule has 108 valence electrons. The average Bonchev–Trinajstić information content (AvgIpc) is 3.01. The molecule has 22 heavy (non-hydrogen) atoms. The molecule has 5 nitrogen and oxygen atoms in total. The first-order chi connectivity index (χ1) is 10.7. The van der Waals surface area contributed by atoms with Crippen LogP contribution in [-0.2, 0) is 6.42 Å². The predicted octanol–water partition coefficient (Wildman–Crippen LogP) is 3.04. The predicted molar refractivity (Wildman–Crippen MR) is 80.9 cm³/mol. The zero-order valence-corrected chi connectivity index (χ0v) is 11.9. The van der Waals surface area contributed by atoms with Crippen LogP contribution in [0.1, 0.15) is 12.6 Å². The second-order valence-corrected chi connectivity index (χ2v) is 5.06. The first-order valence-corrected chi connectivity index (χ1v) is 7.00. The first-order valence-electron chi connectivity index (χ1n) is 7.00. The first kappa shape index (κ1) is 12.8. The van der Waals surface area contributed by atoms with Crippen LogP contribution >= 0.6 is 0 Å². The summed E-state index contributed by atoms with van der Waals surface area (Å²) < 4.78 is 14.9. The van der Waals surface area contributed by atoms with E-state index in [1.165, 1.54) is 12.1 Å². The van der Waals surface area contributed by atoms with Crippen LogP contribution in [0.2, 0.25) is 0 Å². The number of benzene rings is 1. The number of nitrogens with zero attached hydrogens (tertiary/aromatic N) is 5. The summed E-state index contributed by atoms with van der Waals surface area (Å²) in [5.74, 6) is -0.287. The SMILES string of the molecule is CCc1cc(-c2cnc3cc(F)ccc3c2)c2nncn2n1. The maximum Gasteiger partial charge on any atom is 0.185 e. The van der Waals surface area contributed by atoms with Gasteiger partial charge in [-0.05, 0) is 30.7 Å². The average molecular weight is 293 g/mol. The molecule has 3 aromatic heterocycles. The molecule has 0 saturated carbocycles. The molecule has 0 aliphatic rings. The Bertz CT molecular complexity index is 992. The summed E-state index contributed by atoms with van der Waals surface area (Å²) in [6.45, 7) is 2.05. The van der Waals surface area contributed by atoms with Crippen LogP contribution in [0, 0.1) is 5.82 Å². The minimum atomic E-state index is -0.287. The standard InChI is InChI=1S/C16H12FN5/c1-2-13-7-14(16-20-19-9-22(16)21-13)11-5-10-3-4-12(17)6-15(10)18-8-11/h3-9H,2H2,1H3. The van der Waals surface area contributed by atoms with Gasteiger partial charge in [0.05, 0.1) is 11.2 Å². The van der Waals surface area contributed by atoms with Crippen molar-refractivity contribution in [2.45, 2.75) is 13.3 Å². The van der Waals surface area contributed by atoms with Crippen molar-refractivity contribution in [1.29, 1.82) is 0 Å². The fourth-order valence-electron chi connectivity index (χ4n) is 2.51. The lowest BCUT2D eigenvalue weighted by Crippen LogP contribution is -1.99. The Morgan fingerprint density at radius 1 is 1.18 bits per heavy atom. The normalized spacial score (nSPS) is 11.4. The van der Waals surface area contributed by atoms with Crippen LogP contribution in [-0.4, -0.2) is 24.8 Å². The summed E-state index contributed by atoms with van der Waals surface area (Å²) in [6, 6.07) is 8.56. The fraction of sp³-hybridized carbons (Fsp3) is 0.125. The molecule has 0 spiro atoms. The van der Waals surface area contributed by atoms with Gasteiger partial charge < -0.3 is 0 Å². The van der Waals surface area contributed by atoms with Crippen molar-refractivity contribution in [3.8, 4) is 11.1 Å². The summed E-state index contributed by atoms with van der Waals surface area (Å²) >= 11 is 0. The molecule has 0 aliphatic carbocycles. The topological polar surface area (TPSA) is 56.0 Å². The van der Waals surface area contributed by atoms with E-state index in [1.807, 2.05) is 19.1 Å². The molecule has 6 heteroatoms. The zero-order chi connectivity index (χ0) is 15.1. The molecule has 4 rings (SSSR count). The lowest BCUT2D eigenvalue weighted by Gasteiger charge is -2.07. The summed E-state index contributed by atoms with van der Waals surface area (Å²) in [5, 5.41) is 13.4. The van der Waals surface area contributed by atoms with E-state index in [0.717, 1.165) is 28.6 Å². The van der Waals surface area contributed by atoms with E-state index in [4.69, 9.17) is 0 Å². The van der Waals surface area contributed by atoms with Crippen molar-refractivity contribution >= 4 is 16.6 Å². The number of aryl methyl sites for hydroxylation is 1. The van der Waals surface area contributed by atoms with E-state index in [9.17, 15) is 4.39 Å². The molecular weight excluding hydrogens is 281 g/mol. The Labute approximate surface area is 125 Å². The second kappa shape index (κ2) is 4.84. The van der Waals surface area contributed by atoms with Crippen LogP contribution in [0.3, 0.4) is 0 Å². The lowest BCUT2D eigenvalue weighted by atomic mass is 10.1. The number of hydrogen-bond acceptors (Lipinski definition) is 4. The lowest BCUT2D eigenvalue weighted by molar-refractivity contribution is 0.629. The van der Waals surface area contributed by atoms with Crippen molar-refractivity contribution < 1.29 is 4.39 Å². The highest BCUT2D eigenvalue weighted by Gasteiger charge is 2.11. The van der Waals surface area contributed by atoms with E-state index in [1.54, 1.807) is 23.1 Å². The molecule has 4 aromatic rings. The Kier molecular flexibility index (Phi) is 2.82. The number of rotatable bonds is 2. The maximum absolute atomic E-state index is 13.3. The highest BCUT2D eigenvalue weighted by molar-refractivity contribution is 5.86. The van der Waals surface area contributed by atoms with E-state index in [2.05, 4.69) is 20.3 Å². The molecule has 0 N–H and O–H groups in total. The van der Waals surface area contributed by atoms with Gasteiger partial charge in [0.1, 0.15) is 12.1 Å². The summed E-state index contributed by atoms with van der Waals surface area (Å²) in [4.78, 5) is 4.35. The second-order valence-electron chi connectivity index (χ2n) is 5.06. The number of hydrogen-bond donors (Lipinski definition) is 0. The molecule has 1 aromatic carbocycles. The highest BCUT2D eigenvalue weighted by atomic mass is 19.1. The van der Waals surface area contributed by atoms with Gasteiger partial charge in [-0.3, -0.25) is 4.98 Å². The van der Waals surface area contributed by atoms with Crippen LogP contribution in [0.4, 0.5) is 4.39 Å². The third kappa shape index (κ3) is 2.00. The van der Waals surface area contributed by atoms with Crippen LogP contribution < -0.4 is 0 Å². The minimum Gasteiger partial charge on any atom is -0.256 e. The Hall–Kier alpha value is -2.89. The van der Waals surface area contributed by atoms with Crippen LogP contribution in [0.15, 0.2) is 42.9 Å². The van der Waals surface area contributed by atoms with Gasteiger partial charge in [0, 0.05) is 28.8 Å². The molecule has 3 heterocycles. The van der Waals surface area contributed by atoms with Gasteiger partial charge in [-0.15, -0.1) is 10.2 Å². The number of halogens is 1. The van der Waals surface area contributed by atoms with Gasteiger partial charge in [-0.1, -0.05) is 6.92 Å². The van der Waals surface area contributed by atoms with Crippen molar-refractivity contribution in [3.63, 3.8) is 0 Å². The molecule has 0 fully saturated rings. The van der Waals surface area contributed by atoms with Crippen LogP contribution in [0.25, 0.3) is 27.7 Å². The van der Waals surface area contributed by atoms with Crippen molar-refractivity contribution in [2.75, 3.05) is 0 Å². The van der Waals surface area contributed by atoms with Gasteiger partial charge in [0.15, 0.2) is 5.65 Å². The fourth-order valence-corrected chi connectivity index (χ4v) is 2.51. The molecule has 0 radical (unpaired) electrons. The van der Waals surface area contributed by atoms with Crippen LogP contribution in [0.5, 0.6) is 0 Å². The van der Waals surface area contributed by atoms with E-state index >= 15 is 0 Å². The third-order valence-corrected chi connectivity index (χ3v) is 3.64. The van der Waals surface area contributed by atoms with Crippen molar-refractivity contribution in [1.82, 2.24) is 24.8 Å². The Balaban J connectivity index is 1.98. The summed E-state index contributed by atoms with van der Waals surface area (Å²) in [5.41, 5.74) is 4.09. The molecule has 0 aliphatic heterocycles. The molecule has 0 amide bonds. The third-order valence-electron chi connectivity index (χ3n) is 3.64. The Morgan fingerprint density at radius 3 is 2.95 bits per heavy atom. The quantitative estimate of drug-likeness (QED) is 0.570. The Morgan fingerprint density at radius 2 is 2.09 bits per heavy atom. The van der Waals surface area contributed by atoms with E-state index in [-0.39, 0.29) is 5.82 Å². The molecule has 0 bridgehead atoms. The van der Waals surface area contributed by atoms with Gasteiger partial charge in [-0.2, -0.15) is 9.61 Å². The highest BCUT2D eigenvalue weighted by Crippen LogP contribution is 2.26. The number of aromatic nitrogens is 5. The monoisotopic (exact) mass is 293 g/mol. The number of pyridine rings is 1. The summed E-state index contributed by atoms with van der Waals surface area (Å²) in [6.07, 6.45) is 4.13. The summed E-state index contributed by atoms with van der Waals surface area (Å²) in [7, 11) is 0. The van der Waals surface area contributed by atoms with Gasteiger partial charge >= 0.3 is 0 Å². The smallest absolute Gasteiger partial charge is 0.185 e. The molecular formula is C16H12FN5. The number of fused-ring (bicyclic) bond motifs is 2. The molecule has 0 saturated heterocycles. The van der Waals surface area contributed by atoms with Gasteiger partial charge in [-0.25, -0.2) is 4.39 Å². The van der Waals surface area contributed by atoms with E-state index < -0.39 is 0 Å². The zero-order valence-electron chi connectivity index (χ0n) is 11.9. The largest absolute Gasteiger partial charge is 0.256 e. The van der Waals surface area contributed by atoms with Gasteiger partial charge in [0.25, 0.3) is 0 Å². The van der Waals surface area contributed by atoms with Crippen molar-refractivity contribution in [3.05, 3.63) is 54.4 Å². The molecule has 0 unspecified atom stereocenters. The minimum absolute atomic E-state index is 0.287.